The van der Waals surface area contributed by atoms with Crippen molar-refractivity contribution in [2.45, 2.75) is 0 Å². The molecule has 0 aliphatic rings. The second kappa shape index (κ2) is 8.87. The lowest BCUT2D eigenvalue weighted by Crippen LogP contribution is -2.23. The van der Waals surface area contributed by atoms with E-state index in [0.717, 1.165) is 11.0 Å². The lowest BCUT2D eigenvalue weighted by Gasteiger charge is -2.12. The van der Waals surface area contributed by atoms with E-state index in [1.54, 1.807) is 18.6 Å². The van der Waals surface area contributed by atoms with Crippen LogP contribution in [0.2, 0.25) is 0 Å². The molecule has 114 valence electrons. The molecule has 2 rings (SSSR count). The van der Waals surface area contributed by atoms with Gasteiger partial charge >= 0.3 is 0 Å². The molecule has 2 aromatic rings. The molecule has 0 aromatic carbocycles. The third-order valence-corrected chi connectivity index (χ3v) is 4.79. The summed E-state index contributed by atoms with van der Waals surface area (Å²) in [6.45, 7) is 0. The van der Waals surface area contributed by atoms with Crippen LogP contribution >= 0.6 is 22.2 Å². The molecule has 0 spiro atoms. The highest BCUT2D eigenvalue weighted by molar-refractivity contribution is 7.39. The summed E-state index contributed by atoms with van der Waals surface area (Å²) in [4.78, 5) is 12.0. The number of rotatable bonds is 3. The number of anilines is 2. The highest BCUT2D eigenvalue weighted by Gasteiger charge is 2.08. The Morgan fingerprint density at radius 3 is 1.81 bits per heavy atom. The van der Waals surface area contributed by atoms with Gasteiger partial charge in [0, 0.05) is 58.2 Å². The Bertz CT molecular complexity index is 512. The van der Waals surface area contributed by atoms with Crippen LogP contribution < -0.4 is 15.1 Å². The summed E-state index contributed by atoms with van der Waals surface area (Å²) in [5, 5.41) is 0.824. The molecule has 0 bridgehead atoms. The van der Waals surface area contributed by atoms with Gasteiger partial charge in [0.1, 0.15) is 0 Å². The third kappa shape index (κ3) is 6.33. The van der Waals surface area contributed by atoms with Crippen LogP contribution in [0.1, 0.15) is 0 Å². The molecular weight excluding hydrogens is 323 g/mol. The van der Waals surface area contributed by atoms with Crippen LogP contribution in [-0.2, 0) is 0 Å². The molecule has 0 aliphatic carbocycles. The molecule has 2 heterocycles. The fraction of sp³-hybridized carbons (Fsp3) is 0.286. The van der Waals surface area contributed by atoms with E-state index in [1.807, 2.05) is 62.3 Å². The predicted octanol–water partition coefficient (Wildman–Crippen LogP) is 2.20. The number of aromatic nitrogens is 2. The van der Waals surface area contributed by atoms with E-state index in [4.69, 9.17) is 22.2 Å². The van der Waals surface area contributed by atoms with Crippen molar-refractivity contribution >= 4 is 46.3 Å². The van der Waals surface area contributed by atoms with E-state index in [2.05, 4.69) is 9.97 Å². The Kier molecular flexibility index (Phi) is 7.49. The third-order valence-electron chi connectivity index (χ3n) is 2.68. The fourth-order valence-corrected chi connectivity index (χ4v) is 2.69. The van der Waals surface area contributed by atoms with E-state index < -0.39 is 7.42 Å². The van der Waals surface area contributed by atoms with Gasteiger partial charge in [-0.1, -0.05) is 0 Å². The summed E-state index contributed by atoms with van der Waals surface area (Å²) in [6.07, 6.45) is 5.31. The van der Waals surface area contributed by atoms with Gasteiger partial charge in [-0.15, -0.1) is 22.2 Å². The van der Waals surface area contributed by atoms with E-state index in [0.29, 0.717) is 0 Å². The van der Waals surface area contributed by atoms with Crippen LogP contribution in [0.4, 0.5) is 11.4 Å². The van der Waals surface area contributed by atoms with Crippen molar-refractivity contribution in [1.82, 2.24) is 9.97 Å². The predicted molar refractivity (Wildman–Crippen MR) is 95.6 cm³/mol. The monoisotopic (exact) mass is 342 g/mol. The normalized spacial score (nSPS) is 9.86. The number of hydrogen-bond donors (Lipinski definition) is 0. The summed E-state index contributed by atoms with van der Waals surface area (Å²) < 4.78 is 0. The lowest BCUT2D eigenvalue weighted by atomic mass is 10.4. The van der Waals surface area contributed by atoms with Crippen LogP contribution in [0.5, 0.6) is 0 Å². The van der Waals surface area contributed by atoms with Gasteiger partial charge in [-0.05, 0) is 24.3 Å². The van der Waals surface area contributed by atoms with E-state index in [-0.39, 0.29) is 0 Å². The summed E-state index contributed by atoms with van der Waals surface area (Å²) in [7, 11) is 6.17. The van der Waals surface area contributed by atoms with Gasteiger partial charge in [0.2, 0.25) is 0 Å². The average molecular weight is 343 g/mol. The summed E-state index contributed by atoms with van der Waals surface area (Å²) in [5.41, 5.74) is 2.27. The summed E-state index contributed by atoms with van der Waals surface area (Å²) >= 11 is 11.6. The van der Waals surface area contributed by atoms with E-state index in [9.17, 15) is 0 Å². The van der Waals surface area contributed by atoms with Gasteiger partial charge in [0.15, 0.2) is 0 Å². The summed E-state index contributed by atoms with van der Waals surface area (Å²) in [6, 6.07) is 7.80. The molecule has 4 nitrogen and oxygen atoms in total. The zero-order chi connectivity index (χ0) is 15.8. The Morgan fingerprint density at radius 2 is 1.38 bits per heavy atom. The molecule has 0 radical (unpaired) electrons. The molecule has 0 saturated heterocycles. The first-order valence-corrected chi connectivity index (χ1v) is 10.5. The Morgan fingerprint density at radius 1 is 0.857 bits per heavy atom. The number of hydrogen-bond acceptors (Lipinski definition) is 4. The SMILES string of the molecule is CN(C)c1ccnc([SiH](Cl)Cl)c1.CN(C)c1ccncc1. The van der Waals surface area contributed by atoms with Crippen molar-refractivity contribution in [2.75, 3.05) is 38.0 Å². The molecular formula is C14H20Cl2N4Si. The van der Waals surface area contributed by atoms with Crippen molar-refractivity contribution in [3.05, 3.63) is 42.9 Å². The molecule has 7 heteroatoms. The number of nitrogens with zero attached hydrogens (tertiary/aromatic N) is 4. The smallest absolute Gasteiger partial charge is 0.284 e. The van der Waals surface area contributed by atoms with Crippen LogP contribution in [0, 0.1) is 0 Å². The molecule has 0 aliphatic heterocycles. The van der Waals surface area contributed by atoms with E-state index in [1.165, 1.54) is 5.69 Å². The topological polar surface area (TPSA) is 32.3 Å². The van der Waals surface area contributed by atoms with Crippen molar-refractivity contribution in [2.24, 2.45) is 0 Å². The fourth-order valence-electron chi connectivity index (χ4n) is 1.48. The molecule has 0 fully saturated rings. The van der Waals surface area contributed by atoms with Crippen LogP contribution in [-0.4, -0.2) is 45.6 Å². The molecule has 0 N–H and O–H groups in total. The minimum Gasteiger partial charge on any atom is -0.378 e. The Hall–Kier alpha value is -1.30. The minimum atomic E-state index is -1.79. The largest absolute Gasteiger partial charge is 0.378 e. The molecule has 0 saturated carbocycles. The summed E-state index contributed by atoms with van der Waals surface area (Å²) in [5.74, 6) is 0. The maximum atomic E-state index is 5.80. The van der Waals surface area contributed by atoms with Crippen LogP contribution in [0.15, 0.2) is 42.9 Å². The maximum absolute atomic E-state index is 5.80. The quantitative estimate of drug-likeness (QED) is 0.632. The van der Waals surface area contributed by atoms with Crippen molar-refractivity contribution in [3.63, 3.8) is 0 Å². The molecule has 0 amide bonds. The molecule has 2 aromatic heterocycles. The van der Waals surface area contributed by atoms with Crippen molar-refractivity contribution < 1.29 is 0 Å². The van der Waals surface area contributed by atoms with Gasteiger partial charge in [-0.3, -0.25) is 9.97 Å². The average Bonchev–Trinajstić information content (AvgIpc) is 2.49. The van der Waals surface area contributed by atoms with Crippen LogP contribution in [0.3, 0.4) is 0 Å². The van der Waals surface area contributed by atoms with Gasteiger partial charge < -0.3 is 9.80 Å². The number of pyridine rings is 2. The first kappa shape index (κ1) is 17.7. The standard InChI is InChI=1S/C7H10Cl2N2Si.C7H10N2/c1-11(2)6-3-4-10-7(5-6)12(8)9;1-9(2)7-3-5-8-6-4-7/h3-5,12H,1-2H3;3-6H,1-2H3. The molecule has 21 heavy (non-hydrogen) atoms. The first-order chi connectivity index (χ1) is 9.91. The zero-order valence-corrected chi connectivity index (χ0v) is 15.3. The Balaban J connectivity index is 0.000000219. The minimum absolute atomic E-state index is 0.824. The van der Waals surface area contributed by atoms with Gasteiger partial charge in [-0.2, -0.15) is 0 Å². The van der Waals surface area contributed by atoms with Gasteiger partial charge in [-0.25, -0.2) is 0 Å². The lowest BCUT2D eigenvalue weighted by molar-refractivity contribution is 1.12. The van der Waals surface area contributed by atoms with Gasteiger partial charge in [0.05, 0.1) is 5.32 Å². The van der Waals surface area contributed by atoms with Crippen molar-refractivity contribution in [1.29, 1.82) is 0 Å². The van der Waals surface area contributed by atoms with Crippen molar-refractivity contribution in [3.8, 4) is 0 Å². The maximum Gasteiger partial charge on any atom is 0.284 e. The highest BCUT2D eigenvalue weighted by atomic mass is 35.7. The molecule has 0 atom stereocenters. The molecule has 0 unspecified atom stereocenters. The second-order valence-electron chi connectivity index (χ2n) is 4.73. The zero-order valence-electron chi connectivity index (χ0n) is 12.7. The van der Waals surface area contributed by atoms with E-state index >= 15 is 0 Å². The highest BCUT2D eigenvalue weighted by Crippen LogP contribution is 2.08. The second-order valence-corrected chi connectivity index (χ2v) is 9.22. The number of halogens is 2. The first-order valence-electron chi connectivity index (χ1n) is 6.40. The van der Waals surface area contributed by atoms with Gasteiger partial charge in [0.25, 0.3) is 7.42 Å². The Labute approximate surface area is 137 Å². The van der Waals surface area contributed by atoms with Crippen LogP contribution in [0.25, 0.3) is 0 Å².